The zero-order valence-electron chi connectivity index (χ0n) is 10.1. The van der Waals surface area contributed by atoms with Crippen molar-refractivity contribution in [1.82, 2.24) is 15.2 Å². The number of amides is 1. The first-order valence-electron chi connectivity index (χ1n) is 6.22. The largest absolute Gasteiger partial charge is 0.361 e. The lowest BCUT2D eigenvalue weighted by Gasteiger charge is -2.22. The van der Waals surface area contributed by atoms with E-state index in [0.29, 0.717) is 12.2 Å². The molecule has 1 aromatic carbocycles. The summed E-state index contributed by atoms with van der Waals surface area (Å²) >= 11 is 0. The van der Waals surface area contributed by atoms with Gasteiger partial charge in [-0.05, 0) is 17.7 Å². The van der Waals surface area contributed by atoms with Crippen LogP contribution in [0.5, 0.6) is 0 Å². The number of anilines is 1. The van der Waals surface area contributed by atoms with Crippen molar-refractivity contribution in [2.24, 2.45) is 0 Å². The second-order valence-electron chi connectivity index (χ2n) is 4.79. The van der Waals surface area contributed by atoms with Crippen LogP contribution >= 0.6 is 0 Å². The van der Waals surface area contributed by atoms with Gasteiger partial charge in [-0.2, -0.15) is 5.10 Å². The lowest BCUT2D eigenvalue weighted by Crippen LogP contribution is -2.23. The number of fused-ring (bicyclic) bond motifs is 2. The molecule has 19 heavy (non-hydrogen) atoms. The van der Waals surface area contributed by atoms with Crippen molar-refractivity contribution in [2.75, 3.05) is 5.32 Å². The third kappa shape index (κ3) is 1.48. The molecule has 4 rings (SSSR count). The minimum absolute atomic E-state index is 0.0225. The fraction of sp³-hybridized carbons (Fsp3) is 0.143. The third-order valence-corrected chi connectivity index (χ3v) is 3.70. The smallest absolute Gasteiger partial charge is 0.226 e. The number of hydrogen-bond acceptors (Lipinski definition) is 2. The van der Waals surface area contributed by atoms with Gasteiger partial charge in [-0.1, -0.05) is 12.1 Å². The second-order valence-corrected chi connectivity index (χ2v) is 4.79. The van der Waals surface area contributed by atoms with Gasteiger partial charge in [-0.3, -0.25) is 9.89 Å². The van der Waals surface area contributed by atoms with Gasteiger partial charge in [0.1, 0.15) is 5.82 Å². The Bertz CT molecular complexity index is 770. The summed E-state index contributed by atoms with van der Waals surface area (Å²) in [6.07, 6.45) is 4.18. The van der Waals surface area contributed by atoms with Crippen molar-refractivity contribution in [2.45, 2.75) is 12.3 Å². The van der Waals surface area contributed by atoms with Gasteiger partial charge in [-0.25, -0.2) is 0 Å². The highest BCUT2D eigenvalue weighted by Gasteiger charge is 2.29. The van der Waals surface area contributed by atoms with Crippen molar-refractivity contribution in [1.29, 1.82) is 0 Å². The standard InChI is InChI=1S/C14H12N4O/c19-13-6-10(11-7-16-18-14(11)17-13)8-2-1-3-12-9(8)4-5-15-12/h1-5,7,10,15H,6H2,(H2,16,17,18,19). The molecule has 2 aromatic heterocycles. The zero-order valence-corrected chi connectivity index (χ0v) is 10.1. The van der Waals surface area contributed by atoms with Gasteiger partial charge in [0, 0.05) is 35.0 Å². The molecule has 5 nitrogen and oxygen atoms in total. The molecule has 3 aromatic rings. The first kappa shape index (κ1) is 10.4. The Labute approximate surface area is 109 Å². The van der Waals surface area contributed by atoms with Crippen molar-refractivity contribution >= 4 is 22.6 Å². The Kier molecular flexibility index (Phi) is 2.03. The van der Waals surface area contributed by atoms with Crippen LogP contribution < -0.4 is 5.32 Å². The van der Waals surface area contributed by atoms with Crippen molar-refractivity contribution < 1.29 is 4.79 Å². The average molecular weight is 252 g/mol. The molecule has 1 aliphatic heterocycles. The predicted molar refractivity (Wildman–Crippen MR) is 72.0 cm³/mol. The number of hydrogen-bond donors (Lipinski definition) is 3. The van der Waals surface area contributed by atoms with E-state index >= 15 is 0 Å². The number of nitrogens with one attached hydrogen (secondary N) is 3. The molecule has 1 aliphatic rings. The fourth-order valence-corrected chi connectivity index (χ4v) is 2.84. The van der Waals surface area contributed by atoms with Crippen molar-refractivity contribution in [3.8, 4) is 0 Å². The van der Waals surface area contributed by atoms with E-state index in [2.05, 4.69) is 32.6 Å². The van der Waals surface area contributed by atoms with E-state index in [1.807, 2.05) is 18.3 Å². The molecule has 1 amide bonds. The lowest BCUT2D eigenvalue weighted by atomic mass is 9.86. The van der Waals surface area contributed by atoms with E-state index < -0.39 is 0 Å². The number of H-pyrrole nitrogens is 2. The van der Waals surface area contributed by atoms with Gasteiger partial charge in [-0.15, -0.1) is 0 Å². The van der Waals surface area contributed by atoms with Gasteiger partial charge >= 0.3 is 0 Å². The molecule has 0 aliphatic carbocycles. The summed E-state index contributed by atoms with van der Waals surface area (Å²) in [7, 11) is 0. The summed E-state index contributed by atoms with van der Waals surface area (Å²) in [4.78, 5) is 15.0. The maximum Gasteiger partial charge on any atom is 0.226 e. The molecule has 0 saturated heterocycles. The molecule has 1 unspecified atom stereocenters. The van der Waals surface area contributed by atoms with E-state index in [4.69, 9.17) is 0 Å². The van der Waals surface area contributed by atoms with Gasteiger partial charge in [0.2, 0.25) is 5.91 Å². The third-order valence-electron chi connectivity index (χ3n) is 3.70. The molecule has 1 atom stereocenters. The molecule has 3 heterocycles. The highest BCUT2D eigenvalue weighted by Crippen LogP contribution is 2.38. The SMILES string of the molecule is O=C1CC(c2cccc3[nH]ccc23)c2cn[nH]c2N1. The van der Waals surface area contributed by atoms with E-state index in [-0.39, 0.29) is 11.8 Å². The maximum absolute atomic E-state index is 11.8. The normalized spacial score (nSPS) is 18.3. The van der Waals surface area contributed by atoms with Crippen LogP contribution in [0.15, 0.2) is 36.7 Å². The number of aromatic amines is 2. The van der Waals surface area contributed by atoms with Crippen LogP contribution in [0, 0.1) is 0 Å². The Morgan fingerprint density at radius 2 is 2.16 bits per heavy atom. The average Bonchev–Trinajstić information content (AvgIpc) is 3.04. The molecule has 94 valence electrons. The number of carbonyl (C=O) groups excluding carboxylic acids is 1. The molecule has 0 radical (unpaired) electrons. The maximum atomic E-state index is 11.8. The van der Waals surface area contributed by atoms with Crippen molar-refractivity contribution in [3.63, 3.8) is 0 Å². The molecule has 5 heteroatoms. The lowest BCUT2D eigenvalue weighted by molar-refractivity contribution is -0.116. The van der Waals surface area contributed by atoms with Crippen LogP contribution in [0.25, 0.3) is 10.9 Å². The van der Waals surface area contributed by atoms with E-state index in [1.54, 1.807) is 6.20 Å². The van der Waals surface area contributed by atoms with Crippen LogP contribution in [-0.4, -0.2) is 21.1 Å². The summed E-state index contributed by atoms with van der Waals surface area (Å²) in [5.41, 5.74) is 3.30. The Balaban J connectivity index is 1.94. The minimum Gasteiger partial charge on any atom is -0.361 e. The summed E-state index contributed by atoms with van der Waals surface area (Å²) < 4.78 is 0. The van der Waals surface area contributed by atoms with Crippen LogP contribution in [0.1, 0.15) is 23.5 Å². The van der Waals surface area contributed by atoms with E-state index in [0.717, 1.165) is 22.0 Å². The van der Waals surface area contributed by atoms with Gasteiger partial charge in [0.25, 0.3) is 0 Å². The molecular weight excluding hydrogens is 240 g/mol. The van der Waals surface area contributed by atoms with E-state index in [1.165, 1.54) is 0 Å². The number of benzene rings is 1. The Morgan fingerprint density at radius 3 is 3.11 bits per heavy atom. The first-order valence-corrected chi connectivity index (χ1v) is 6.22. The summed E-state index contributed by atoms with van der Waals surface area (Å²) in [5, 5.41) is 10.9. The molecular formula is C14H12N4O. The molecule has 0 spiro atoms. The summed E-state index contributed by atoms with van der Waals surface area (Å²) in [6.45, 7) is 0. The molecule has 0 bridgehead atoms. The van der Waals surface area contributed by atoms with Crippen molar-refractivity contribution in [3.05, 3.63) is 47.8 Å². The quantitative estimate of drug-likeness (QED) is 0.622. The van der Waals surface area contributed by atoms with Crippen LogP contribution in [0.2, 0.25) is 0 Å². The zero-order chi connectivity index (χ0) is 12.8. The Hall–Kier alpha value is -2.56. The van der Waals surface area contributed by atoms with Gasteiger partial charge in [0.15, 0.2) is 0 Å². The predicted octanol–water partition coefficient (Wildman–Crippen LogP) is 2.37. The highest BCUT2D eigenvalue weighted by molar-refractivity contribution is 5.95. The van der Waals surface area contributed by atoms with Crippen LogP contribution in [0.4, 0.5) is 5.82 Å². The number of nitrogens with zero attached hydrogens (tertiary/aromatic N) is 1. The van der Waals surface area contributed by atoms with Crippen LogP contribution in [0.3, 0.4) is 0 Å². The van der Waals surface area contributed by atoms with Crippen LogP contribution in [-0.2, 0) is 4.79 Å². The summed E-state index contributed by atoms with van der Waals surface area (Å²) in [6, 6.07) is 8.19. The summed E-state index contributed by atoms with van der Waals surface area (Å²) in [5.74, 6) is 0.796. The van der Waals surface area contributed by atoms with Gasteiger partial charge in [0.05, 0.1) is 6.20 Å². The van der Waals surface area contributed by atoms with Gasteiger partial charge < -0.3 is 10.3 Å². The number of carbonyl (C=O) groups is 1. The Morgan fingerprint density at radius 1 is 1.21 bits per heavy atom. The molecule has 0 saturated carbocycles. The first-order chi connectivity index (χ1) is 9.33. The molecule has 3 N–H and O–H groups in total. The fourth-order valence-electron chi connectivity index (χ4n) is 2.84. The minimum atomic E-state index is 0.0225. The molecule has 0 fully saturated rings. The highest BCUT2D eigenvalue weighted by atomic mass is 16.1. The number of rotatable bonds is 1. The monoisotopic (exact) mass is 252 g/mol. The second kappa shape index (κ2) is 3.71. The number of aromatic nitrogens is 3. The topological polar surface area (TPSA) is 73.6 Å². The van der Waals surface area contributed by atoms with E-state index in [9.17, 15) is 4.79 Å².